The van der Waals surface area contributed by atoms with E-state index in [4.69, 9.17) is 4.74 Å². The molecule has 0 atom stereocenters. The summed E-state index contributed by atoms with van der Waals surface area (Å²) in [5.41, 5.74) is 1.89. The van der Waals surface area contributed by atoms with Crippen molar-refractivity contribution < 1.29 is 129 Å². The maximum atomic E-state index is 13.3. The van der Waals surface area contributed by atoms with Gasteiger partial charge < -0.3 is 24.5 Å². The van der Waals surface area contributed by atoms with Crippen molar-refractivity contribution in [3.63, 3.8) is 0 Å². The number of methoxy groups -OCH3 is 1. The van der Waals surface area contributed by atoms with Gasteiger partial charge in [-0.3, -0.25) is 18.0 Å². The minimum Gasteiger partial charge on any atom is -0.754 e. The third-order valence-corrected chi connectivity index (χ3v) is 7.64. The first-order valence-electron chi connectivity index (χ1n) is 11.5. The third-order valence-electron chi connectivity index (χ3n) is 5.88. The number of benzene rings is 4. The van der Waals surface area contributed by atoms with E-state index in [1.807, 2.05) is 13.0 Å². The Balaban J connectivity index is 0.00000308. The number of nitrogens with one attached hydrogen (secondary N) is 2. The van der Waals surface area contributed by atoms with E-state index in [1.165, 1.54) is 19.2 Å². The van der Waals surface area contributed by atoms with Crippen LogP contribution in [0.15, 0.2) is 76.5 Å². The van der Waals surface area contributed by atoms with Gasteiger partial charge in [0.05, 0.1) is 16.7 Å². The first kappa shape index (κ1) is 39.9. The summed E-state index contributed by atoms with van der Waals surface area (Å²) in [5, 5.41) is 4.37. The summed E-state index contributed by atoms with van der Waals surface area (Å²) in [4.78, 5) is 24.5. The molecular formula is C27H21N2Na3O9S2. The fourth-order valence-electron chi connectivity index (χ4n) is 4.09. The third kappa shape index (κ3) is 9.67. The van der Waals surface area contributed by atoms with E-state index >= 15 is 0 Å². The number of hydrogen-bond acceptors (Lipinski definition) is 9. The molecule has 2 amide bonds. The zero-order valence-corrected chi connectivity index (χ0v) is 31.7. The number of carbonyl (C=O) groups excluding carboxylic acids is 2. The average Bonchev–Trinajstić information content (AvgIpc) is 2.88. The average molecular weight is 651 g/mol. The normalized spacial score (nSPS) is 11.0. The summed E-state index contributed by atoms with van der Waals surface area (Å²) >= 11 is 0. The summed E-state index contributed by atoms with van der Waals surface area (Å²) in [6.07, 6.45) is 0. The first-order chi connectivity index (χ1) is 18.8. The molecular weight excluding hydrogens is 629 g/mol. The zero-order chi connectivity index (χ0) is 29.2. The molecule has 0 aliphatic carbocycles. The Morgan fingerprint density at radius 3 is 1.98 bits per heavy atom. The molecule has 0 aliphatic rings. The molecule has 4 rings (SSSR count). The molecule has 0 aromatic heterocycles. The van der Waals surface area contributed by atoms with E-state index in [1.54, 1.807) is 24.3 Å². The molecule has 208 valence electrons. The fourth-order valence-corrected chi connectivity index (χ4v) is 5.44. The number of hydrogen-bond donors (Lipinski definition) is 2. The molecule has 2 N–H and O–H groups in total. The molecule has 0 saturated heterocycles. The van der Waals surface area contributed by atoms with Crippen molar-refractivity contribution >= 4 is 54.2 Å². The van der Waals surface area contributed by atoms with Crippen molar-refractivity contribution in [1.82, 2.24) is 0 Å². The van der Waals surface area contributed by atoms with Gasteiger partial charge in [0.25, 0.3) is 11.8 Å². The molecule has 43 heavy (non-hydrogen) atoms. The zero-order valence-electron chi connectivity index (χ0n) is 24.0. The van der Waals surface area contributed by atoms with Gasteiger partial charge in [-0.15, -0.1) is 5.39 Å². The van der Waals surface area contributed by atoms with Crippen LogP contribution in [0.5, 0.6) is 0 Å². The first-order valence-corrected chi connectivity index (χ1v) is 14.3. The number of fused-ring (bicyclic) bond motifs is 1. The molecule has 0 bridgehead atoms. The van der Waals surface area contributed by atoms with Gasteiger partial charge in [0, 0.05) is 40.1 Å². The van der Waals surface area contributed by atoms with Gasteiger partial charge in [-0.25, -0.2) is 8.42 Å². The molecule has 0 radical (unpaired) electrons. The van der Waals surface area contributed by atoms with Gasteiger partial charge in [0.15, 0.2) is 0 Å². The fraction of sp³-hybridized carbons (Fsp3) is 0.111. The Morgan fingerprint density at radius 2 is 1.40 bits per heavy atom. The Morgan fingerprint density at radius 1 is 0.791 bits per heavy atom. The smallest absolute Gasteiger partial charge is 0.754 e. The number of rotatable bonds is 8. The second kappa shape index (κ2) is 16.4. The van der Waals surface area contributed by atoms with Gasteiger partial charge in [-0.1, -0.05) is 35.2 Å². The van der Waals surface area contributed by atoms with Crippen LogP contribution in [0.2, 0.25) is 0 Å². The number of carbonyl (C=O) groups is 2. The number of aryl methyl sites for hydroxylation is 1. The molecule has 0 aliphatic heterocycles. The van der Waals surface area contributed by atoms with E-state index in [2.05, 4.69) is 16.7 Å². The monoisotopic (exact) mass is 650 g/mol. The molecule has 4 aromatic rings. The van der Waals surface area contributed by atoms with Crippen molar-refractivity contribution in [3.8, 4) is 0 Å². The van der Waals surface area contributed by atoms with Crippen LogP contribution in [0.1, 0.15) is 31.8 Å². The summed E-state index contributed by atoms with van der Waals surface area (Å²) in [7, 11) is -8.78. The summed E-state index contributed by atoms with van der Waals surface area (Å²) in [6.45, 7) is 1.95. The topological polar surface area (TPSA) is 182 Å². The molecule has 16 heteroatoms. The van der Waals surface area contributed by atoms with Crippen LogP contribution in [-0.2, 0) is 31.6 Å². The van der Waals surface area contributed by atoms with E-state index < -0.39 is 52.6 Å². The summed E-state index contributed by atoms with van der Waals surface area (Å²) < 4.78 is 76.3. The van der Waals surface area contributed by atoms with Gasteiger partial charge in [0.1, 0.15) is 10.1 Å². The SMILES string of the molecule is COCc1ccc(C(=O)Nc2ccc(S(=O)(=O)[O-])c3c[c-]cc(S(=O)(=O)[O-])c23)cc1NC(=O)c1cccc(C)c1.[Na+].[Na+].[Na+]. The van der Waals surface area contributed by atoms with Crippen LogP contribution >= 0.6 is 0 Å². The molecule has 0 saturated carbocycles. The maximum absolute atomic E-state index is 13.3. The van der Waals surface area contributed by atoms with E-state index in [0.717, 1.165) is 29.8 Å². The summed E-state index contributed by atoms with van der Waals surface area (Å²) in [6, 6.07) is 17.4. The number of ether oxygens (including phenoxy) is 1. The van der Waals surface area contributed by atoms with Crippen LogP contribution in [-0.4, -0.2) is 44.9 Å². The molecule has 0 fully saturated rings. The maximum Gasteiger partial charge on any atom is 1.00 e. The van der Waals surface area contributed by atoms with Gasteiger partial charge in [0.2, 0.25) is 0 Å². The van der Waals surface area contributed by atoms with Gasteiger partial charge in [-0.05, 0) is 42.2 Å². The Labute approximate surface area is 315 Å². The van der Waals surface area contributed by atoms with E-state index in [-0.39, 0.29) is 112 Å². The van der Waals surface area contributed by atoms with E-state index in [9.17, 15) is 35.5 Å². The van der Waals surface area contributed by atoms with Crippen molar-refractivity contribution in [3.05, 3.63) is 95.1 Å². The molecule has 0 heterocycles. The molecule has 11 nitrogen and oxygen atoms in total. The second-order valence-corrected chi connectivity index (χ2v) is 11.4. The molecule has 4 aromatic carbocycles. The van der Waals surface area contributed by atoms with Crippen molar-refractivity contribution in [2.24, 2.45) is 0 Å². The van der Waals surface area contributed by atoms with E-state index in [0.29, 0.717) is 11.1 Å². The number of amides is 2. The van der Waals surface area contributed by atoms with Crippen molar-refractivity contribution in [2.45, 2.75) is 23.3 Å². The summed E-state index contributed by atoms with van der Waals surface area (Å²) in [5.74, 6) is -1.21. The second-order valence-electron chi connectivity index (χ2n) is 8.71. The minimum atomic E-state index is -5.17. The Kier molecular flexibility index (Phi) is 15.2. The minimum absolute atomic E-state index is 0. The molecule has 0 unspecified atom stereocenters. The van der Waals surface area contributed by atoms with Gasteiger partial charge >= 0.3 is 88.7 Å². The largest absolute Gasteiger partial charge is 1.00 e. The van der Waals surface area contributed by atoms with Crippen LogP contribution in [0.25, 0.3) is 10.8 Å². The van der Waals surface area contributed by atoms with Crippen LogP contribution in [0.3, 0.4) is 0 Å². The van der Waals surface area contributed by atoms with Crippen molar-refractivity contribution in [2.75, 3.05) is 17.7 Å². The Hall–Kier alpha value is -1.14. The molecule has 0 spiro atoms. The Bertz CT molecular complexity index is 1880. The van der Waals surface area contributed by atoms with Crippen LogP contribution in [0.4, 0.5) is 11.4 Å². The van der Waals surface area contributed by atoms with Crippen molar-refractivity contribution in [1.29, 1.82) is 0 Å². The predicted molar refractivity (Wildman–Crippen MR) is 143 cm³/mol. The standard InChI is InChI=1S/C27H23N2O9S2.3Na/c1-16-5-3-6-17(13-16)26(30)29-22-14-18(9-10-19(22)15-38-2)27(31)28-21-11-12-23(39(32,33)34)20-7-4-8-24(25(20)21)40(35,36)37;;;/h3,5-14H,15H2,1-2H3,(H,28,31)(H,29,30)(H,32,33,34)(H,35,36,37);;;/q-1;3*+1/p-2. The number of anilines is 2. The van der Waals surface area contributed by atoms with Crippen LogP contribution < -0.4 is 99.3 Å². The quantitative estimate of drug-likeness (QED) is 0.107. The van der Waals surface area contributed by atoms with Crippen LogP contribution in [0, 0.1) is 13.0 Å². The predicted octanol–water partition coefficient (Wildman–Crippen LogP) is -5.58. The van der Waals surface area contributed by atoms with Gasteiger partial charge in [-0.2, -0.15) is 18.2 Å².